The summed E-state index contributed by atoms with van der Waals surface area (Å²) in [7, 11) is 0. The summed E-state index contributed by atoms with van der Waals surface area (Å²) in [5, 5.41) is 0. The average Bonchev–Trinajstić information content (AvgIpc) is 2.36. The number of hydrogen-bond acceptors (Lipinski definition) is 2. The van der Waals surface area contributed by atoms with E-state index in [0.717, 1.165) is 25.6 Å². The third-order valence-corrected chi connectivity index (χ3v) is 3.90. The van der Waals surface area contributed by atoms with Crippen LogP contribution < -0.4 is 5.73 Å². The zero-order chi connectivity index (χ0) is 13.1. The Hall–Kier alpha value is -1.00. The number of halogens is 2. The van der Waals surface area contributed by atoms with Crippen LogP contribution in [0.1, 0.15) is 18.9 Å². The summed E-state index contributed by atoms with van der Waals surface area (Å²) in [5.74, 6) is 0.352. The van der Waals surface area contributed by atoms with Gasteiger partial charge in [-0.1, -0.05) is 6.92 Å². The van der Waals surface area contributed by atoms with Crippen molar-refractivity contribution in [2.24, 2.45) is 17.6 Å². The van der Waals surface area contributed by atoms with Crippen molar-refractivity contribution < 1.29 is 8.78 Å². The second-order valence-electron chi connectivity index (χ2n) is 5.23. The molecule has 1 aliphatic rings. The average molecular weight is 254 g/mol. The van der Waals surface area contributed by atoms with Gasteiger partial charge in [-0.3, -0.25) is 4.90 Å². The van der Waals surface area contributed by atoms with Gasteiger partial charge in [0.15, 0.2) is 0 Å². The van der Waals surface area contributed by atoms with Gasteiger partial charge in [0.1, 0.15) is 11.6 Å². The van der Waals surface area contributed by atoms with Crippen molar-refractivity contribution in [1.29, 1.82) is 0 Å². The van der Waals surface area contributed by atoms with Gasteiger partial charge in [-0.2, -0.15) is 0 Å². The summed E-state index contributed by atoms with van der Waals surface area (Å²) in [4.78, 5) is 2.16. The van der Waals surface area contributed by atoms with Gasteiger partial charge in [0.25, 0.3) is 0 Å². The lowest BCUT2D eigenvalue weighted by Crippen LogP contribution is -2.42. The minimum absolute atomic E-state index is 0.334. The second kappa shape index (κ2) is 5.76. The normalized spacial score (nSPS) is 25.3. The molecule has 0 radical (unpaired) electrons. The van der Waals surface area contributed by atoms with Gasteiger partial charge in [0, 0.05) is 18.7 Å². The molecule has 0 spiro atoms. The number of hydrogen-bond donors (Lipinski definition) is 1. The molecule has 2 nitrogen and oxygen atoms in total. The van der Waals surface area contributed by atoms with Crippen LogP contribution in [0, 0.1) is 23.5 Å². The van der Waals surface area contributed by atoms with Crippen LogP contribution in [0.2, 0.25) is 0 Å². The van der Waals surface area contributed by atoms with E-state index in [1.807, 2.05) is 0 Å². The number of likely N-dealkylation sites (tertiary alicyclic amines) is 1. The van der Waals surface area contributed by atoms with Crippen molar-refractivity contribution in [3.05, 3.63) is 35.4 Å². The molecule has 1 fully saturated rings. The first-order valence-electron chi connectivity index (χ1n) is 6.46. The molecule has 0 saturated carbocycles. The van der Waals surface area contributed by atoms with E-state index in [2.05, 4.69) is 11.8 Å². The smallest absolute Gasteiger partial charge is 0.127 e. The van der Waals surface area contributed by atoms with Gasteiger partial charge >= 0.3 is 0 Å². The van der Waals surface area contributed by atoms with Gasteiger partial charge in [0.05, 0.1) is 0 Å². The highest BCUT2D eigenvalue weighted by Gasteiger charge is 2.25. The van der Waals surface area contributed by atoms with E-state index < -0.39 is 0 Å². The monoisotopic (exact) mass is 254 g/mol. The molecule has 1 aliphatic heterocycles. The highest BCUT2D eigenvalue weighted by molar-refractivity contribution is 5.18. The van der Waals surface area contributed by atoms with Crippen molar-refractivity contribution in [2.45, 2.75) is 19.9 Å². The van der Waals surface area contributed by atoms with Gasteiger partial charge in [0.2, 0.25) is 0 Å². The minimum atomic E-state index is -0.382. The number of nitrogens with two attached hydrogens (primary N) is 1. The summed E-state index contributed by atoms with van der Waals surface area (Å²) in [6, 6.07) is 3.63. The molecular weight excluding hydrogens is 234 g/mol. The molecule has 2 N–H and O–H groups in total. The maximum atomic E-state index is 13.6. The lowest BCUT2D eigenvalue weighted by atomic mass is 9.87. The fraction of sp³-hybridized carbons (Fsp3) is 0.571. The van der Waals surface area contributed by atoms with Crippen LogP contribution in [0.5, 0.6) is 0 Å². The van der Waals surface area contributed by atoms with E-state index >= 15 is 0 Å². The van der Waals surface area contributed by atoms with Crippen molar-refractivity contribution in [2.75, 3.05) is 19.6 Å². The van der Waals surface area contributed by atoms with Crippen LogP contribution in [0.25, 0.3) is 0 Å². The Labute approximate surface area is 107 Å². The molecule has 1 aromatic carbocycles. The van der Waals surface area contributed by atoms with E-state index in [4.69, 9.17) is 5.73 Å². The van der Waals surface area contributed by atoms with Crippen LogP contribution in [0.4, 0.5) is 8.78 Å². The molecule has 1 heterocycles. The predicted octanol–water partition coefficient (Wildman–Crippen LogP) is 2.38. The first kappa shape index (κ1) is 13.4. The second-order valence-corrected chi connectivity index (χ2v) is 5.23. The summed E-state index contributed by atoms with van der Waals surface area (Å²) >= 11 is 0. The van der Waals surface area contributed by atoms with Crippen LogP contribution in [0.3, 0.4) is 0 Å². The topological polar surface area (TPSA) is 29.3 Å². The Morgan fingerprint density at radius 2 is 2.17 bits per heavy atom. The summed E-state index contributed by atoms with van der Waals surface area (Å²) < 4.78 is 26.7. The van der Waals surface area contributed by atoms with Gasteiger partial charge in [-0.25, -0.2) is 8.78 Å². The molecular formula is C14H20F2N2. The van der Waals surface area contributed by atoms with Crippen LogP contribution >= 0.6 is 0 Å². The van der Waals surface area contributed by atoms with Crippen LogP contribution in [0.15, 0.2) is 18.2 Å². The van der Waals surface area contributed by atoms with Crippen molar-refractivity contribution >= 4 is 0 Å². The molecule has 4 heteroatoms. The van der Waals surface area contributed by atoms with E-state index in [1.165, 1.54) is 12.1 Å². The maximum absolute atomic E-state index is 13.6. The first-order chi connectivity index (χ1) is 8.60. The Morgan fingerprint density at radius 1 is 1.39 bits per heavy atom. The third-order valence-electron chi connectivity index (χ3n) is 3.90. The molecule has 2 rings (SSSR count). The molecule has 100 valence electrons. The summed E-state index contributed by atoms with van der Waals surface area (Å²) in [6.07, 6.45) is 1.07. The van der Waals surface area contributed by atoms with E-state index in [0.29, 0.717) is 30.5 Å². The molecule has 2 atom stereocenters. The molecule has 0 aromatic heterocycles. The molecule has 0 aliphatic carbocycles. The lowest BCUT2D eigenvalue weighted by Gasteiger charge is -2.36. The molecule has 0 bridgehead atoms. The maximum Gasteiger partial charge on any atom is 0.127 e. The number of piperidine rings is 1. The zero-order valence-corrected chi connectivity index (χ0v) is 10.7. The van der Waals surface area contributed by atoms with Crippen molar-refractivity contribution in [3.8, 4) is 0 Å². The van der Waals surface area contributed by atoms with E-state index in [-0.39, 0.29) is 11.6 Å². The number of nitrogens with zero attached hydrogens (tertiary/aromatic N) is 1. The lowest BCUT2D eigenvalue weighted by molar-refractivity contribution is 0.125. The van der Waals surface area contributed by atoms with Gasteiger partial charge < -0.3 is 5.73 Å². The summed E-state index contributed by atoms with van der Waals surface area (Å²) in [6.45, 7) is 5.12. The van der Waals surface area contributed by atoms with Gasteiger partial charge in [-0.15, -0.1) is 0 Å². The third kappa shape index (κ3) is 3.06. The molecule has 2 unspecified atom stereocenters. The van der Waals surface area contributed by atoms with Crippen LogP contribution in [-0.2, 0) is 6.54 Å². The van der Waals surface area contributed by atoms with E-state index in [1.54, 1.807) is 0 Å². The predicted molar refractivity (Wildman–Crippen MR) is 68.0 cm³/mol. The Kier molecular flexibility index (Phi) is 4.30. The number of rotatable bonds is 3. The molecule has 18 heavy (non-hydrogen) atoms. The quantitative estimate of drug-likeness (QED) is 0.897. The zero-order valence-electron chi connectivity index (χ0n) is 10.7. The first-order valence-corrected chi connectivity index (χ1v) is 6.46. The highest BCUT2D eigenvalue weighted by Crippen LogP contribution is 2.24. The molecule has 1 saturated heterocycles. The Morgan fingerprint density at radius 3 is 2.89 bits per heavy atom. The molecule has 0 amide bonds. The SMILES string of the molecule is CC1CCN(Cc2cc(F)ccc2F)CC1CN. The molecule has 1 aromatic rings. The van der Waals surface area contributed by atoms with E-state index in [9.17, 15) is 8.78 Å². The fourth-order valence-corrected chi connectivity index (χ4v) is 2.58. The van der Waals surface area contributed by atoms with Crippen molar-refractivity contribution in [3.63, 3.8) is 0 Å². The van der Waals surface area contributed by atoms with Crippen molar-refractivity contribution in [1.82, 2.24) is 4.90 Å². The Balaban J connectivity index is 2.03. The van der Waals surface area contributed by atoms with Crippen LogP contribution in [-0.4, -0.2) is 24.5 Å². The van der Waals surface area contributed by atoms with Gasteiger partial charge in [-0.05, 0) is 49.5 Å². The number of benzene rings is 1. The standard InChI is InChI=1S/C14H20F2N2/c1-10-4-5-18(9-12(10)7-17)8-11-6-13(15)2-3-14(11)16/h2-3,6,10,12H,4-5,7-9,17H2,1H3. The summed E-state index contributed by atoms with van der Waals surface area (Å²) in [5.41, 5.74) is 6.17. The largest absolute Gasteiger partial charge is 0.330 e. The minimum Gasteiger partial charge on any atom is -0.330 e. The highest BCUT2D eigenvalue weighted by atomic mass is 19.1. The fourth-order valence-electron chi connectivity index (χ4n) is 2.58. The Bertz CT molecular complexity index is 409.